The lowest BCUT2D eigenvalue weighted by Crippen LogP contribution is -2.08. The number of phenolic OH excluding ortho intramolecular Hbond substituents is 1. The maximum atomic E-state index is 12.1. The van der Waals surface area contributed by atoms with Gasteiger partial charge < -0.3 is 14.3 Å². The quantitative estimate of drug-likeness (QED) is 0.713. The third-order valence-electron chi connectivity index (χ3n) is 4.02. The smallest absolute Gasteiger partial charge is 0.338 e. The first-order chi connectivity index (χ1) is 12.1. The molecule has 0 radical (unpaired) electrons. The maximum Gasteiger partial charge on any atom is 0.338 e. The normalized spacial score (nSPS) is 10.6. The van der Waals surface area contributed by atoms with E-state index in [9.17, 15) is 9.90 Å². The number of carbonyl (C=O) groups is 1. The van der Waals surface area contributed by atoms with E-state index in [2.05, 4.69) is 6.07 Å². The fraction of sp³-hybridized carbons (Fsp3) is 0.200. The van der Waals surface area contributed by atoms with Crippen LogP contribution in [0.2, 0.25) is 0 Å². The minimum atomic E-state index is -0.448. The number of nitrogens with zero attached hydrogens (tertiary/aromatic N) is 1. The Morgan fingerprint density at radius 1 is 1.24 bits per heavy atom. The molecular formula is C20H17NO4. The third-order valence-corrected chi connectivity index (χ3v) is 4.02. The summed E-state index contributed by atoms with van der Waals surface area (Å²) in [6.07, 6.45) is 2.79. The van der Waals surface area contributed by atoms with Crippen molar-refractivity contribution >= 4 is 16.7 Å². The van der Waals surface area contributed by atoms with Gasteiger partial charge in [-0.15, -0.1) is 0 Å². The zero-order chi connectivity index (χ0) is 17.8. The number of furan rings is 1. The zero-order valence-electron chi connectivity index (χ0n) is 13.8. The molecule has 25 heavy (non-hydrogen) atoms. The van der Waals surface area contributed by atoms with Crippen LogP contribution in [0.4, 0.5) is 0 Å². The Hall–Kier alpha value is -3.26. The molecule has 1 heterocycles. The standard InChI is InChI=1S/C20H17NO4/c1-2-24-20(23)18-10-16(22)6-4-14(18)5-8-19-17-7-3-13(11-21)9-15(17)12-25-19/h3-4,6-7,9-10,12,22H,2,5,8H2,1H3. The first-order valence-corrected chi connectivity index (χ1v) is 8.01. The van der Waals surface area contributed by atoms with Gasteiger partial charge in [-0.3, -0.25) is 0 Å². The van der Waals surface area contributed by atoms with Crippen molar-refractivity contribution in [2.75, 3.05) is 6.61 Å². The van der Waals surface area contributed by atoms with Gasteiger partial charge in [0.05, 0.1) is 30.1 Å². The van der Waals surface area contributed by atoms with Crippen LogP contribution in [0.1, 0.15) is 34.2 Å². The number of aromatic hydroxyl groups is 1. The molecule has 1 N–H and O–H groups in total. The number of ether oxygens (including phenoxy) is 1. The van der Waals surface area contributed by atoms with E-state index in [4.69, 9.17) is 14.4 Å². The topological polar surface area (TPSA) is 83.5 Å². The third kappa shape index (κ3) is 3.48. The molecule has 0 atom stereocenters. The number of hydrogen-bond donors (Lipinski definition) is 1. The van der Waals surface area contributed by atoms with E-state index in [0.29, 0.717) is 24.0 Å². The minimum Gasteiger partial charge on any atom is -0.508 e. The second-order valence-corrected chi connectivity index (χ2v) is 5.63. The Morgan fingerprint density at radius 2 is 2.08 bits per heavy atom. The highest BCUT2D eigenvalue weighted by Gasteiger charge is 2.15. The van der Waals surface area contributed by atoms with Crippen molar-refractivity contribution in [1.29, 1.82) is 5.26 Å². The SMILES string of the molecule is CCOC(=O)c1cc(O)ccc1CCc1occ2cc(C#N)ccc12. The van der Waals surface area contributed by atoms with Crippen LogP contribution >= 0.6 is 0 Å². The lowest BCUT2D eigenvalue weighted by Gasteiger charge is -2.09. The zero-order valence-corrected chi connectivity index (χ0v) is 13.8. The summed E-state index contributed by atoms with van der Waals surface area (Å²) in [5, 5.41) is 20.4. The molecule has 0 bridgehead atoms. The largest absolute Gasteiger partial charge is 0.508 e. The fourth-order valence-corrected chi connectivity index (χ4v) is 2.80. The monoisotopic (exact) mass is 335 g/mol. The summed E-state index contributed by atoms with van der Waals surface area (Å²) >= 11 is 0. The molecule has 0 fully saturated rings. The van der Waals surface area contributed by atoms with Crippen LogP contribution in [0.5, 0.6) is 5.75 Å². The van der Waals surface area contributed by atoms with Crippen molar-refractivity contribution < 1.29 is 19.1 Å². The van der Waals surface area contributed by atoms with E-state index in [1.54, 1.807) is 37.5 Å². The van der Waals surface area contributed by atoms with Gasteiger partial charge in [-0.25, -0.2) is 4.79 Å². The van der Waals surface area contributed by atoms with E-state index in [1.807, 2.05) is 6.07 Å². The first-order valence-electron chi connectivity index (χ1n) is 8.01. The van der Waals surface area contributed by atoms with E-state index in [0.717, 1.165) is 22.1 Å². The second-order valence-electron chi connectivity index (χ2n) is 5.63. The van der Waals surface area contributed by atoms with Crippen LogP contribution in [0, 0.1) is 11.3 Å². The van der Waals surface area contributed by atoms with Crippen molar-refractivity contribution in [1.82, 2.24) is 0 Å². The molecule has 5 nitrogen and oxygen atoms in total. The summed E-state index contributed by atoms with van der Waals surface area (Å²) in [6, 6.07) is 12.2. The number of carbonyl (C=O) groups excluding carboxylic acids is 1. The summed E-state index contributed by atoms with van der Waals surface area (Å²) in [5.74, 6) is 0.373. The summed E-state index contributed by atoms with van der Waals surface area (Å²) < 4.78 is 10.7. The fourth-order valence-electron chi connectivity index (χ4n) is 2.80. The number of phenols is 1. The van der Waals surface area contributed by atoms with Gasteiger partial charge >= 0.3 is 5.97 Å². The van der Waals surface area contributed by atoms with Crippen molar-refractivity contribution in [2.45, 2.75) is 19.8 Å². The van der Waals surface area contributed by atoms with Gasteiger partial charge in [-0.1, -0.05) is 6.07 Å². The van der Waals surface area contributed by atoms with Gasteiger partial charge in [0.15, 0.2) is 0 Å². The predicted molar refractivity (Wildman–Crippen MR) is 92.4 cm³/mol. The Labute approximate surface area is 145 Å². The van der Waals surface area contributed by atoms with Crippen molar-refractivity contribution in [3.8, 4) is 11.8 Å². The molecule has 1 aromatic heterocycles. The van der Waals surface area contributed by atoms with Gasteiger partial charge in [-0.2, -0.15) is 5.26 Å². The molecule has 0 aliphatic heterocycles. The Kier molecular flexibility index (Phi) is 4.71. The minimum absolute atomic E-state index is 0.0271. The number of hydrogen-bond acceptors (Lipinski definition) is 5. The first kappa shape index (κ1) is 16.6. The Morgan fingerprint density at radius 3 is 2.84 bits per heavy atom. The Bertz CT molecular complexity index is 965. The molecule has 0 spiro atoms. The average Bonchev–Trinajstić information content (AvgIpc) is 3.03. The van der Waals surface area contributed by atoms with E-state index in [-0.39, 0.29) is 12.4 Å². The predicted octanol–water partition coefficient (Wildman–Crippen LogP) is 3.97. The van der Waals surface area contributed by atoms with E-state index >= 15 is 0 Å². The van der Waals surface area contributed by atoms with Gasteiger partial charge in [-0.05, 0) is 49.2 Å². The molecule has 0 amide bonds. The molecule has 0 aliphatic rings. The second kappa shape index (κ2) is 7.10. The molecule has 5 heteroatoms. The highest BCUT2D eigenvalue weighted by atomic mass is 16.5. The van der Waals surface area contributed by atoms with Crippen LogP contribution in [-0.4, -0.2) is 17.7 Å². The molecule has 0 saturated carbocycles. The summed E-state index contributed by atoms with van der Waals surface area (Å²) in [7, 11) is 0. The van der Waals surface area contributed by atoms with Crippen LogP contribution in [-0.2, 0) is 17.6 Å². The van der Waals surface area contributed by atoms with E-state index in [1.165, 1.54) is 6.07 Å². The molecule has 2 aromatic carbocycles. The Balaban J connectivity index is 1.85. The molecule has 3 rings (SSSR count). The number of nitriles is 1. The summed E-state index contributed by atoms with van der Waals surface area (Å²) in [6.45, 7) is 2.02. The van der Waals surface area contributed by atoms with Gasteiger partial charge in [0.1, 0.15) is 11.5 Å². The van der Waals surface area contributed by atoms with Crippen LogP contribution in [0.15, 0.2) is 47.1 Å². The summed E-state index contributed by atoms with van der Waals surface area (Å²) in [4.78, 5) is 12.1. The summed E-state index contributed by atoms with van der Waals surface area (Å²) in [5.41, 5.74) is 1.74. The average molecular weight is 335 g/mol. The van der Waals surface area contributed by atoms with E-state index < -0.39 is 5.97 Å². The number of aryl methyl sites for hydroxylation is 2. The number of rotatable bonds is 5. The molecular weight excluding hydrogens is 318 g/mol. The van der Waals surface area contributed by atoms with Gasteiger partial charge in [0, 0.05) is 17.2 Å². The van der Waals surface area contributed by atoms with Crippen molar-refractivity contribution in [3.63, 3.8) is 0 Å². The number of esters is 1. The lowest BCUT2D eigenvalue weighted by atomic mass is 10.0. The van der Waals surface area contributed by atoms with Crippen LogP contribution in [0.3, 0.4) is 0 Å². The van der Waals surface area contributed by atoms with Crippen LogP contribution in [0.25, 0.3) is 10.8 Å². The molecule has 0 saturated heterocycles. The molecule has 0 unspecified atom stereocenters. The van der Waals surface area contributed by atoms with Gasteiger partial charge in [0.2, 0.25) is 0 Å². The number of benzene rings is 2. The highest BCUT2D eigenvalue weighted by Crippen LogP contribution is 2.25. The van der Waals surface area contributed by atoms with Crippen LogP contribution < -0.4 is 0 Å². The maximum absolute atomic E-state index is 12.1. The van der Waals surface area contributed by atoms with Crippen molar-refractivity contribution in [3.05, 3.63) is 65.1 Å². The highest BCUT2D eigenvalue weighted by molar-refractivity contribution is 5.91. The molecule has 0 aliphatic carbocycles. The molecule has 3 aromatic rings. The van der Waals surface area contributed by atoms with Gasteiger partial charge in [0.25, 0.3) is 0 Å². The lowest BCUT2D eigenvalue weighted by molar-refractivity contribution is 0.0524. The molecule has 126 valence electrons. The number of fused-ring (bicyclic) bond motifs is 1. The van der Waals surface area contributed by atoms with Crippen molar-refractivity contribution in [2.24, 2.45) is 0 Å².